The van der Waals surface area contributed by atoms with Gasteiger partial charge in [-0.2, -0.15) is 0 Å². The molecule has 2 rings (SSSR count). The molecule has 96 valence electrons. The van der Waals surface area contributed by atoms with Crippen LogP contribution in [0.15, 0.2) is 30.6 Å². The van der Waals surface area contributed by atoms with Crippen LogP contribution in [0.25, 0.3) is 0 Å². The molecule has 0 bridgehead atoms. The summed E-state index contributed by atoms with van der Waals surface area (Å²) >= 11 is 5.83. The normalized spacial score (nSPS) is 12.7. The van der Waals surface area contributed by atoms with E-state index >= 15 is 0 Å². The Kier molecular flexibility index (Phi) is 3.99. The molecule has 2 aromatic rings. The minimum atomic E-state index is -0.407. The molecule has 1 N–H and O–H groups in total. The zero-order chi connectivity index (χ0) is 13.1. The van der Waals surface area contributed by atoms with E-state index in [1.807, 2.05) is 24.7 Å². The first kappa shape index (κ1) is 13.1. The van der Waals surface area contributed by atoms with Crippen molar-refractivity contribution in [1.82, 2.24) is 14.9 Å². The average Bonchev–Trinajstić information content (AvgIpc) is 2.76. The quantitative estimate of drug-likeness (QED) is 0.923. The van der Waals surface area contributed by atoms with E-state index in [0.29, 0.717) is 0 Å². The van der Waals surface area contributed by atoms with Crippen LogP contribution in [0.2, 0.25) is 5.02 Å². The topological polar surface area (TPSA) is 29.9 Å². The molecule has 0 radical (unpaired) electrons. The van der Waals surface area contributed by atoms with Crippen molar-refractivity contribution in [3.63, 3.8) is 0 Å². The fraction of sp³-hybridized carbons (Fsp3) is 0.308. The smallest absolute Gasteiger partial charge is 0.141 e. The number of nitrogens with zero attached hydrogens (tertiary/aromatic N) is 2. The molecule has 1 aromatic heterocycles. The Balaban J connectivity index is 2.41. The lowest BCUT2D eigenvalue weighted by Crippen LogP contribution is -2.24. The van der Waals surface area contributed by atoms with Crippen molar-refractivity contribution in [3.05, 3.63) is 52.8 Å². The minimum Gasteiger partial charge on any atom is -0.336 e. The van der Waals surface area contributed by atoms with Gasteiger partial charge >= 0.3 is 0 Å². The van der Waals surface area contributed by atoms with E-state index < -0.39 is 5.82 Å². The Bertz CT molecular complexity index is 539. The maximum Gasteiger partial charge on any atom is 0.141 e. The fourth-order valence-electron chi connectivity index (χ4n) is 1.91. The summed E-state index contributed by atoms with van der Waals surface area (Å²) in [6.45, 7) is 2.80. The predicted molar refractivity (Wildman–Crippen MR) is 70.1 cm³/mol. The van der Waals surface area contributed by atoms with E-state index in [1.54, 1.807) is 18.3 Å². The summed E-state index contributed by atoms with van der Waals surface area (Å²) in [6.07, 6.45) is 3.62. The van der Waals surface area contributed by atoms with Gasteiger partial charge in [0.15, 0.2) is 0 Å². The number of nitrogens with one attached hydrogen (secondary N) is 1. The molecule has 1 aromatic carbocycles. The molecular formula is C13H15ClFN3. The summed E-state index contributed by atoms with van der Waals surface area (Å²) in [7, 11) is 1.93. The van der Waals surface area contributed by atoms with Crippen molar-refractivity contribution in [1.29, 1.82) is 0 Å². The molecule has 0 amide bonds. The van der Waals surface area contributed by atoms with Crippen LogP contribution in [-0.4, -0.2) is 16.1 Å². The van der Waals surface area contributed by atoms with Crippen molar-refractivity contribution in [3.8, 4) is 0 Å². The Hall–Kier alpha value is -1.39. The van der Waals surface area contributed by atoms with Gasteiger partial charge in [-0.15, -0.1) is 0 Å². The summed E-state index contributed by atoms with van der Waals surface area (Å²) in [6, 6.07) is 4.65. The Morgan fingerprint density at radius 3 is 2.83 bits per heavy atom. The second kappa shape index (κ2) is 5.50. The molecular weight excluding hydrogens is 253 g/mol. The zero-order valence-corrected chi connectivity index (χ0v) is 11.1. The van der Waals surface area contributed by atoms with E-state index in [-0.39, 0.29) is 11.1 Å². The van der Waals surface area contributed by atoms with Gasteiger partial charge in [0.1, 0.15) is 11.6 Å². The van der Waals surface area contributed by atoms with E-state index in [2.05, 4.69) is 10.3 Å². The first-order valence-electron chi connectivity index (χ1n) is 5.79. The average molecular weight is 268 g/mol. The number of hydrogen-bond acceptors (Lipinski definition) is 2. The highest BCUT2D eigenvalue weighted by Crippen LogP contribution is 2.24. The molecule has 1 heterocycles. The lowest BCUT2D eigenvalue weighted by atomic mass is 10.1. The maximum absolute atomic E-state index is 13.2. The predicted octanol–water partition coefficient (Wildman–Crippen LogP) is 2.91. The van der Waals surface area contributed by atoms with Gasteiger partial charge in [-0.05, 0) is 24.2 Å². The van der Waals surface area contributed by atoms with Crippen LogP contribution in [0.1, 0.15) is 24.4 Å². The molecule has 3 nitrogen and oxygen atoms in total. The van der Waals surface area contributed by atoms with Gasteiger partial charge in [0.25, 0.3) is 0 Å². The molecule has 0 spiro atoms. The highest BCUT2D eigenvalue weighted by molar-refractivity contribution is 6.30. The molecule has 5 heteroatoms. The van der Waals surface area contributed by atoms with E-state index in [9.17, 15) is 4.39 Å². The summed E-state index contributed by atoms with van der Waals surface area (Å²) in [5, 5.41) is 3.45. The van der Waals surface area contributed by atoms with Crippen molar-refractivity contribution < 1.29 is 4.39 Å². The number of hydrogen-bond donors (Lipinski definition) is 1. The van der Waals surface area contributed by atoms with Crippen molar-refractivity contribution in [2.75, 3.05) is 6.54 Å². The van der Waals surface area contributed by atoms with Crippen LogP contribution in [0.5, 0.6) is 0 Å². The third-order valence-corrected chi connectivity index (χ3v) is 3.09. The SMILES string of the molecule is CCNC(c1ccc(F)c(Cl)c1)c1nccn1C. The van der Waals surface area contributed by atoms with Crippen LogP contribution in [0.3, 0.4) is 0 Å². The summed E-state index contributed by atoms with van der Waals surface area (Å²) in [5.74, 6) is 0.468. The molecule has 0 aliphatic rings. The Morgan fingerprint density at radius 2 is 2.28 bits per heavy atom. The Morgan fingerprint density at radius 1 is 1.50 bits per heavy atom. The third-order valence-electron chi connectivity index (χ3n) is 2.80. The molecule has 18 heavy (non-hydrogen) atoms. The van der Waals surface area contributed by atoms with E-state index in [1.165, 1.54) is 6.07 Å². The fourth-order valence-corrected chi connectivity index (χ4v) is 2.10. The second-order valence-electron chi connectivity index (χ2n) is 4.06. The van der Waals surface area contributed by atoms with Crippen LogP contribution in [-0.2, 0) is 7.05 Å². The van der Waals surface area contributed by atoms with Crippen LogP contribution in [0, 0.1) is 5.82 Å². The number of halogens is 2. The second-order valence-corrected chi connectivity index (χ2v) is 4.47. The number of aryl methyl sites for hydroxylation is 1. The number of benzene rings is 1. The van der Waals surface area contributed by atoms with Gasteiger partial charge in [-0.1, -0.05) is 24.6 Å². The maximum atomic E-state index is 13.2. The van der Waals surface area contributed by atoms with Gasteiger partial charge in [0.2, 0.25) is 0 Å². The molecule has 1 atom stereocenters. The Labute approximate surface area is 111 Å². The van der Waals surface area contributed by atoms with Crippen LogP contribution in [0.4, 0.5) is 4.39 Å². The first-order chi connectivity index (χ1) is 8.63. The highest BCUT2D eigenvalue weighted by Gasteiger charge is 2.18. The largest absolute Gasteiger partial charge is 0.336 e. The van der Waals surface area contributed by atoms with Crippen molar-refractivity contribution in [2.45, 2.75) is 13.0 Å². The molecule has 0 saturated heterocycles. The summed E-state index contributed by atoms with van der Waals surface area (Å²) in [5.41, 5.74) is 0.901. The van der Waals surface area contributed by atoms with Crippen molar-refractivity contribution >= 4 is 11.6 Å². The number of imidazole rings is 1. The molecule has 0 saturated carbocycles. The third kappa shape index (κ3) is 2.54. The number of rotatable bonds is 4. The monoisotopic (exact) mass is 267 g/mol. The molecule has 1 unspecified atom stereocenters. The lowest BCUT2D eigenvalue weighted by molar-refractivity contribution is 0.573. The molecule has 0 aliphatic carbocycles. The van der Waals surface area contributed by atoms with Gasteiger partial charge < -0.3 is 9.88 Å². The minimum absolute atomic E-state index is 0.0897. The van der Waals surface area contributed by atoms with Crippen LogP contribution < -0.4 is 5.32 Å². The summed E-state index contributed by atoms with van der Waals surface area (Å²) in [4.78, 5) is 4.33. The molecule has 0 fully saturated rings. The van der Waals surface area contributed by atoms with Crippen molar-refractivity contribution in [2.24, 2.45) is 7.05 Å². The van der Waals surface area contributed by atoms with Gasteiger partial charge in [0, 0.05) is 19.4 Å². The van der Waals surface area contributed by atoms with Gasteiger partial charge in [0.05, 0.1) is 11.1 Å². The molecule has 0 aliphatic heterocycles. The van der Waals surface area contributed by atoms with Gasteiger partial charge in [-0.3, -0.25) is 0 Å². The summed E-state index contributed by atoms with van der Waals surface area (Å²) < 4.78 is 15.1. The van der Waals surface area contributed by atoms with Gasteiger partial charge in [-0.25, -0.2) is 9.37 Å². The first-order valence-corrected chi connectivity index (χ1v) is 6.16. The number of aromatic nitrogens is 2. The van der Waals surface area contributed by atoms with E-state index in [4.69, 9.17) is 11.6 Å². The lowest BCUT2D eigenvalue weighted by Gasteiger charge is -2.18. The standard InChI is InChI=1S/C13H15ClFN3/c1-3-16-12(13-17-6-7-18(13)2)9-4-5-11(15)10(14)8-9/h4-8,12,16H,3H2,1-2H3. The zero-order valence-electron chi connectivity index (χ0n) is 10.3. The van der Waals surface area contributed by atoms with Crippen LogP contribution >= 0.6 is 11.6 Å². The van der Waals surface area contributed by atoms with E-state index in [0.717, 1.165) is 17.9 Å². The highest BCUT2D eigenvalue weighted by atomic mass is 35.5.